The van der Waals surface area contributed by atoms with E-state index in [-0.39, 0.29) is 6.10 Å². The van der Waals surface area contributed by atoms with Crippen molar-refractivity contribution in [2.75, 3.05) is 33.2 Å². The minimum absolute atomic E-state index is 0.219. The Kier molecular flexibility index (Phi) is 4.70. The third kappa shape index (κ3) is 5.24. The van der Waals surface area contributed by atoms with Crippen LogP contribution in [0.25, 0.3) is 0 Å². The molecule has 0 amide bonds. The van der Waals surface area contributed by atoms with Crippen molar-refractivity contribution < 1.29 is 5.11 Å². The number of likely N-dealkylation sites (N-methyl/N-ethyl adjacent to an activating group) is 2. The number of nitrogens with one attached hydrogen (secondary N) is 1. The first-order chi connectivity index (χ1) is 6.22. The summed E-state index contributed by atoms with van der Waals surface area (Å²) >= 11 is 0. The van der Waals surface area contributed by atoms with Crippen LogP contribution in [0.5, 0.6) is 0 Å². The van der Waals surface area contributed by atoms with Gasteiger partial charge in [-0.15, -0.1) is 0 Å². The summed E-state index contributed by atoms with van der Waals surface area (Å²) in [5.74, 6) is 0.913. The van der Waals surface area contributed by atoms with E-state index in [0.717, 1.165) is 25.6 Å². The average molecular weight is 186 g/mol. The van der Waals surface area contributed by atoms with Crippen LogP contribution in [-0.2, 0) is 0 Å². The Bertz CT molecular complexity index is 137. The molecule has 13 heavy (non-hydrogen) atoms. The van der Waals surface area contributed by atoms with Gasteiger partial charge in [0.15, 0.2) is 0 Å². The highest BCUT2D eigenvalue weighted by Crippen LogP contribution is 2.29. The molecule has 1 rings (SSSR count). The Morgan fingerprint density at radius 1 is 1.54 bits per heavy atom. The van der Waals surface area contributed by atoms with Gasteiger partial charge in [-0.25, -0.2) is 0 Å². The molecule has 3 heteroatoms. The van der Waals surface area contributed by atoms with Gasteiger partial charge in [0.2, 0.25) is 0 Å². The van der Waals surface area contributed by atoms with Crippen molar-refractivity contribution in [2.45, 2.75) is 25.9 Å². The molecule has 1 fully saturated rings. The summed E-state index contributed by atoms with van der Waals surface area (Å²) in [4.78, 5) is 2.24. The first kappa shape index (κ1) is 11.0. The van der Waals surface area contributed by atoms with Crippen LogP contribution in [0, 0.1) is 5.92 Å². The first-order valence-corrected chi connectivity index (χ1v) is 5.29. The van der Waals surface area contributed by atoms with E-state index in [4.69, 9.17) is 0 Å². The number of hydrogen-bond donors (Lipinski definition) is 2. The van der Waals surface area contributed by atoms with E-state index in [1.165, 1.54) is 12.8 Å². The Morgan fingerprint density at radius 2 is 2.23 bits per heavy atom. The molecule has 0 saturated heterocycles. The van der Waals surface area contributed by atoms with Crippen molar-refractivity contribution in [2.24, 2.45) is 5.92 Å². The van der Waals surface area contributed by atoms with Gasteiger partial charge in [-0.3, -0.25) is 0 Å². The van der Waals surface area contributed by atoms with Gasteiger partial charge in [-0.1, -0.05) is 6.92 Å². The van der Waals surface area contributed by atoms with Crippen LogP contribution in [0.2, 0.25) is 0 Å². The Hall–Kier alpha value is -0.120. The summed E-state index contributed by atoms with van der Waals surface area (Å²) in [7, 11) is 2.09. The average Bonchev–Trinajstić information content (AvgIpc) is 2.84. The fourth-order valence-corrected chi connectivity index (χ4v) is 1.55. The predicted octanol–water partition coefficient (Wildman–Crippen LogP) is 0.299. The van der Waals surface area contributed by atoms with Crippen LogP contribution in [0.4, 0.5) is 0 Å². The monoisotopic (exact) mass is 186 g/mol. The van der Waals surface area contributed by atoms with Gasteiger partial charge in [0.05, 0.1) is 6.10 Å². The first-order valence-electron chi connectivity index (χ1n) is 5.29. The van der Waals surface area contributed by atoms with E-state index < -0.39 is 0 Å². The zero-order chi connectivity index (χ0) is 9.68. The normalized spacial score (nSPS) is 19.4. The molecule has 1 saturated carbocycles. The maximum absolute atomic E-state index is 9.58. The summed E-state index contributed by atoms with van der Waals surface area (Å²) in [6.45, 7) is 5.65. The van der Waals surface area contributed by atoms with E-state index >= 15 is 0 Å². The smallest absolute Gasteiger partial charge is 0.0791 e. The summed E-state index contributed by atoms with van der Waals surface area (Å²) in [6.07, 6.45) is 2.55. The minimum Gasteiger partial charge on any atom is -0.390 e. The second-order valence-electron chi connectivity index (χ2n) is 4.13. The van der Waals surface area contributed by atoms with Crippen molar-refractivity contribution in [1.82, 2.24) is 10.2 Å². The highest BCUT2D eigenvalue weighted by atomic mass is 16.3. The lowest BCUT2D eigenvalue weighted by Crippen LogP contribution is -2.37. The molecule has 1 atom stereocenters. The predicted molar refractivity (Wildman–Crippen MR) is 54.8 cm³/mol. The molecule has 78 valence electrons. The van der Waals surface area contributed by atoms with Gasteiger partial charge in [-0.05, 0) is 32.4 Å². The van der Waals surface area contributed by atoms with Crippen LogP contribution in [0.15, 0.2) is 0 Å². The third-order valence-corrected chi connectivity index (χ3v) is 2.42. The fraction of sp³-hybridized carbons (Fsp3) is 1.00. The van der Waals surface area contributed by atoms with Gasteiger partial charge >= 0.3 is 0 Å². The number of aliphatic hydroxyl groups excluding tert-OH is 1. The maximum Gasteiger partial charge on any atom is 0.0791 e. The lowest BCUT2D eigenvalue weighted by molar-refractivity contribution is 0.122. The molecule has 0 bridgehead atoms. The number of hydrogen-bond acceptors (Lipinski definition) is 3. The van der Waals surface area contributed by atoms with Crippen molar-refractivity contribution in [3.8, 4) is 0 Å². The number of rotatable bonds is 7. The quantitative estimate of drug-likeness (QED) is 0.600. The second kappa shape index (κ2) is 5.58. The largest absolute Gasteiger partial charge is 0.390 e. The molecule has 1 aliphatic rings. The van der Waals surface area contributed by atoms with Crippen molar-refractivity contribution in [3.05, 3.63) is 0 Å². The third-order valence-electron chi connectivity index (χ3n) is 2.42. The molecule has 1 unspecified atom stereocenters. The summed E-state index contributed by atoms with van der Waals surface area (Å²) in [5, 5.41) is 12.7. The Labute approximate surface area is 81.1 Å². The molecule has 0 aromatic rings. The zero-order valence-electron chi connectivity index (χ0n) is 8.79. The number of aliphatic hydroxyl groups is 1. The van der Waals surface area contributed by atoms with Gasteiger partial charge in [-0.2, -0.15) is 0 Å². The van der Waals surface area contributed by atoms with E-state index in [1.807, 2.05) is 0 Å². The van der Waals surface area contributed by atoms with E-state index in [2.05, 4.69) is 24.2 Å². The van der Waals surface area contributed by atoms with Crippen molar-refractivity contribution in [1.29, 1.82) is 0 Å². The zero-order valence-corrected chi connectivity index (χ0v) is 8.79. The summed E-state index contributed by atoms with van der Waals surface area (Å²) in [6, 6.07) is 0. The molecule has 2 N–H and O–H groups in total. The van der Waals surface area contributed by atoms with E-state index in [1.54, 1.807) is 0 Å². The topological polar surface area (TPSA) is 35.5 Å². The molecular formula is C10H22N2O. The summed E-state index contributed by atoms with van der Waals surface area (Å²) in [5.41, 5.74) is 0. The lowest BCUT2D eigenvalue weighted by atomic mass is 10.3. The SMILES string of the molecule is CCNCC(O)CN(C)CC1CC1. The molecule has 3 nitrogen and oxygen atoms in total. The molecular weight excluding hydrogens is 164 g/mol. The van der Waals surface area contributed by atoms with Crippen molar-refractivity contribution in [3.63, 3.8) is 0 Å². The van der Waals surface area contributed by atoms with Crippen LogP contribution < -0.4 is 5.32 Å². The van der Waals surface area contributed by atoms with Gasteiger partial charge in [0.1, 0.15) is 0 Å². The number of nitrogens with zero attached hydrogens (tertiary/aromatic N) is 1. The maximum atomic E-state index is 9.58. The highest BCUT2D eigenvalue weighted by Gasteiger charge is 2.23. The van der Waals surface area contributed by atoms with Gasteiger partial charge < -0.3 is 15.3 Å². The molecule has 0 aromatic carbocycles. The molecule has 0 heterocycles. The van der Waals surface area contributed by atoms with E-state index in [0.29, 0.717) is 6.54 Å². The minimum atomic E-state index is -0.219. The van der Waals surface area contributed by atoms with E-state index in [9.17, 15) is 5.11 Å². The standard InChI is InChI=1S/C10H22N2O/c1-3-11-6-10(13)8-12(2)7-9-4-5-9/h9-11,13H,3-8H2,1-2H3. The fourth-order valence-electron chi connectivity index (χ4n) is 1.55. The van der Waals surface area contributed by atoms with Crippen LogP contribution in [0.3, 0.4) is 0 Å². The Balaban J connectivity index is 1.99. The van der Waals surface area contributed by atoms with Gasteiger partial charge in [0, 0.05) is 19.6 Å². The molecule has 0 aromatic heterocycles. The molecule has 0 aliphatic heterocycles. The molecule has 0 spiro atoms. The highest BCUT2D eigenvalue weighted by molar-refractivity contribution is 4.77. The summed E-state index contributed by atoms with van der Waals surface area (Å²) < 4.78 is 0. The van der Waals surface area contributed by atoms with Crippen molar-refractivity contribution >= 4 is 0 Å². The molecule has 1 aliphatic carbocycles. The van der Waals surface area contributed by atoms with Crippen LogP contribution >= 0.6 is 0 Å². The lowest BCUT2D eigenvalue weighted by Gasteiger charge is -2.20. The second-order valence-corrected chi connectivity index (χ2v) is 4.13. The van der Waals surface area contributed by atoms with Crippen LogP contribution in [-0.4, -0.2) is 49.3 Å². The Morgan fingerprint density at radius 3 is 2.77 bits per heavy atom. The molecule has 0 radical (unpaired) electrons. The van der Waals surface area contributed by atoms with Gasteiger partial charge in [0.25, 0.3) is 0 Å². The van der Waals surface area contributed by atoms with Crippen LogP contribution in [0.1, 0.15) is 19.8 Å².